The first kappa shape index (κ1) is 10.3. The topological polar surface area (TPSA) is 38.9 Å². The highest BCUT2D eigenvalue weighted by Crippen LogP contribution is 2.40. The SMILES string of the molecule is Clc1ccc(-c2nnc(C3CC3)o2)cc1Br. The first-order chi connectivity index (χ1) is 7.74. The largest absolute Gasteiger partial charge is 0.420 e. The molecule has 5 heteroatoms. The minimum absolute atomic E-state index is 0.483. The average Bonchev–Trinajstić information content (AvgIpc) is 3.01. The van der Waals surface area contributed by atoms with Crippen molar-refractivity contribution in [2.75, 3.05) is 0 Å². The Morgan fingerprint density at radius 3 is 2.81 bits per heavy atom. The van der Waals surface area contributed by atoms with Crippen LogP contribution in [0.3, 0.4) is 0 Å². The molecule has 16 heavy (non-hydrogen) atoms. The summed E-state index contributed by atoms with van der Waals surface area (Å²) in [5.41, 5.74) is 0.885. The molecule has 0 N–H and O–H groups in total. The predicted molar refractivity (Wildman–Crippen MR) is 64.4 cm³/mol. The summed E-state index contributed by atoms with van der Waals surface area (Å²) in [7, 11) is 0. The smallest absolute Gasteiger partial charge is 0.247 e. The van der Waals surface area contributed by atoms with Crippen molar-refractivity contribution in [3.63, 3.8) is 0 Å². The van der Waals surface area contributed by atoms with Gasteiger partial charge in [-0.1, -0.05) is 11.6 Å². The Hall–Kier alpha value is -0.870. The van der Waals surface area contributed by atoms with Crippen molar-refractivity contribution in [2.45, 2.75) is 18.8 Å². The van der Waals surface area contributed by atoms with E-state index in [9.17, 15) is 0 Å². The normalized spacial score (nSPS) is 15.4. The molecule has 82 valence electrons. The average molecular weight is 300 g/mol. The summed E-state index contributed by atoms with van der Waals surface area (Å²) in [6, 6.07) is 5.56. The van der Waals surface area contributed by atoms with Crippen LogP contribution >= 0.6 is 27.5 Å². The zero-order valence-electron chi connectivity index (χ0n) is 8.28. The van der Waals surface area contributed by atoms with Crippen molar-refractivity contribution in [3.05, 3.63) is 33.6 Å². The van der Waals surface area contributed by atoms with Crippen LogP contribution in [-0.2, 0) is 0 Å². The van der Waals surface area contributed by atoms with Gasteiger partial charge in [0.15, 0.2) is 0 Å². The third kappa shape index (κ3) is 1.87. The van der Waals surface area contributed by atoms with Crippen LogP contribution in [0.5, 0.6) is 0 Å². The van der Waals surface area contributed by atoms with Crippen molar-refractivity contribution in [1.29, 1.82) is 0 Å². The highest BCUT2D eigenvalue weighted by molar-refractivity contribution is 9.10. The van der Waals surface area contributed by atoms with Gasteiger partial charge in [0, 0.05) is 16.0 Å². The lowest BCUT2D eigenvalue weighted by Crippen LogP contribution is -1.78. The summed E-state index contributed by atoms with van der Waals surface area (Å²) in [5, 5.41) is 8.75. The fourth-order valence-electron chi connectivity index (χ4n) is 1.48. The van der Waals surface area contributed by atoms with E-state index < -0.39 is 0 Å². The molecular formula is C11H8BrClN2O. The van der Waals surface area contributed by atoms with E-state index in [1.54, 1.807) is 0 Å². The molecule has 3 nitrogen and oxygen atoms in total. The Morgan fingerprint density at radius 2 is 2.12 bits per heavy atom. The van der Waals surface area contributed by atoms with Crippen LogP contribution < -0.4 is 0 Å². The molecule has 0 saturated heterocycles. The van der Waals surface area contributed by atoms with Gasteiger partial charge in [0.2, 0.25) is 11.8 Å². The lowest BCUT2D eigenvalue weighted by Gasteiger charge is -1.97. The second kappa shape index (κ2) is 3.86. The van der Waals surface area contributed by atoms with Crippen LogP contribution in [0.4, 0.5) is 0 Å². The maximum atomic E-state index is 5.92. The molecular weight excluding hydrogens is 291 g/mol. The Morgan fingerprint density at radius 1 is 1.31 bits per heavy atom. The fraction of sp³-hybridized carbons (Fsp3) is 0.273. The first-order valence-corrected chi connectivity index (χ1v) is 6.20. The van der Waals surface area contributed by atoms with Crippen LogP contribution in [0.15, 0.2) is 27.1 Å². The number of benzene rings is 1. The van der Waals surface area contributed by atoms with Crippen LogP contribution in [0.2, 0.25) is 5.02 Å². The van der Waals surface area contributed by atoms with Gasteiger partial charge in [-0.25, -0.2) is 0 Å². The van der Waals surface area contributed by atoms with Gasteiger partial charge in [-0.3, -0.25) is 0 Å². The van der Waals surface area contributed by atoms with Gasteiger partial charge in [-0.05, 0) is 47.0 Å². The number of halogens is 2. The van der Waals surface area contributed by atoms with Gasteiger partial charge in [0.25, 0.3) is 0 Å². The number of aromatic nitrogens is 2. The molecule has 0 aliphatic heterocycles. The highest BCUT2D eigenvalue weighted by atomic mass is 79.9. The van der Waals surface area contributed by atoms with Gasteiger partial charge in [-0.2, -0.15) is 0 Å². The molecule has 1 aromatic heterocycles. The fourth-order valence-corrected chi connectivity index (χ4v) is 1.97. The van der Waals surface area contributed by atoms with Crippen molar-refractivity contribution >= 4 is 27.5 Å². The van der Waals surface area contributed by atoms with E-state index >= 15 is 0 Å². The van der Waals surface area contributed by atoms with Gasteiger partial charge in [0.05, 0.1) is 5.02 Å². The Labute approximate surface area is 106 Å². The number of hydrogen-bond donors (Lipinski definition) is 0. The number of rotatable bonds is 2. The summed E-state index contributed by atoms with van der Waals surface area (Å²) in [6.07, 6.45) is 2.32. The highest BCUT2D eigenvalue weighted by Gasteiger charge is 2.29. The molecule has 0 amide bonds. The van der Waals surface area contributed by atoms with Crippen molar-refractivity contribution in [1.82, 2.24) is 10.2 Å². The molecule has 1 heterocycles. The summed E-state index contributed by atoms with van der Waals surface area (Å²) in [6.45, 7) is 0. The standard InChI is InChI=1S/C11H8BrClN2O/c12-8-5-7(3-4-9(8)13)11-15-14-10(16-11)6-1-2-6/h3-6H,1-2H2. The molecule has 1 fully saturated rings. The quantitative estimate of drug-likeness (QED) is 0.840. The van der Waals surface area contributed by atoms with E-state index in [0.29, 0.717) is 16.8 Å². The number of nitrogens with zero attached hydrogens (tertiary/aromatic N) is 2. The van der Waals surface area contributed by atoms with Crippen molar-refractivity contribution in [3.8, 4) is 11.5 Å². The molecule has 1 aromatic carbocycles. The van der Waals surface area contributed by atoms with Crippen LogP contribution in [0.1, 0.15) is 24.7 Å². The maximum absolute atomic E-state index is 5.92. The molecule has 0 unspecified atom stereocenters. The monoisotopic (exact) mass is 298 g/mol. The summed E-state index contributed by atoms with van der Waals surface area (Å²) < 4.78 is 6.43. The van der Waals surface area contributed by atoms with Gasteiger partial charge in [-0.15, -0.1) is 10.2 Å². The van der Waals surface area contributed by atoms with Crippen molar-refractivity contribution in [2.24, 2.45) is 0 Å². The van der Waals surface area contributed by atoms with E-state index in [2.05, 4.69) is 26.1 Å². The van der Waals surface area contributed by atoms with Gasteiger partial charge < -0.3 is 4.42 Å². The molecule has 0 radical (unpaired) electrons. The van der Waals surface area contributed by atoms with Crippen LogP contribution in [-0.4, -0.2) is 10.2 Å². The van der Waals surface area contributed by atoms with E-state index in [4.69, 9.17) is 16.0 Å². The Bertz CT molecular complexity index is 537. The van der Waals surface area contributed by atoms with E-state index in [-0.39, 0.29) is 0 Å². The van der Waals surface area contributed by atoms with E-state index in [1.165, 1.54) is 0 Å². The third-order valence-electron chi connectivity index (χ3n) is 2.53. The minimum atomic E-state index is 0.483. The molecule has 3 rings (SSSR count). The molecule has 1 aliphatic carbocycles. The Balaban J connectivity index is 1.97. The van der Waals surface area contributed by atoms with E-state index in [0.717, 1.165) is 28.8 Å². The molecule has 0 atom stereocenters. The van der Waals surface area contributed by atoms with Crippen LogP contribution in [0.25, 0.3) is 11.5 Å². The van der Waals surface area contributed by atoms with Gasteiger partial charge in [0.1, 0.15) is 0 Å². The second-order valence-electron chi connectivity index (χ2n) is 3.85. The first-order valence-electron chi connectivity index (χ1n) is 5.03. The lowest BCUT2D eigenvalue weighted by molar-refractivity contribution is 0.508. The molecule has 1 saturated carbocycles. The minimum Gasteiger partial charge on any atom is -0.420 e. The van der Waals surface area contributed by atoms with Crippen LogP contribution in [0, 0.1) is 0 Å². The summed E-state index contributed by atoms with van der Waals surface area (Å²) in [5.74, 6) is 1.79. The number of hydrogen-bond acceptors (Lipinski definition) is 3. The summed E-state index contributed by atoms with van der Waals surface area (Å²) in [4.78, 5) is 0. The zero-order chi connectivity index (χ0) is 11.1. The molecule has 0 bridgehead atoms. The predicted octanol–water partition coefficient (Wildman–Crippen LogP) is 4.03. The van der Waals surface area contributed by atoms with Crippen molar-refractivity contribution < 1.29 is 4.42 Å². The zero-order valence-corrected chi connectivity index (χ0v) is 10.6. The third-order valence-corrected chi connectivity index (χ3v) is 3.75. The Kier molecular flexibility index (Phi) is 2.48. The second-order valence-corrected chi connectivity index (χ2v) is 5.11. The summed E-state index contributed by atoms with van der Waals surface area (Å²) >= 11 is 9.29. The maximum Gasteiger partial charge on any atom is 0.247 e. The van der Waals surface area contributed by atoms with E-state index in [1.807, 2.05) is 18.2 Å². The molecule has 1 aliphatic rings. The molecule has 2 aromatic rings. The van der Waals surface area contributed by atoms with Gasteiger partial charge >= 0.3 is 0 Å². The lowest BCUT2D eigenvalue weighted by atomic mass is 10.2. The molecule has 0 spiro atoms.